The van der Waals surface area contributed by atoms with Gasteiger partial charge in [0.25, 0.3) is 5.91 Å². The highest BCUT2D eigenvalue weighted by molar-refractivity contribution is 6.08. The van der Waals surface area contributed by atoms with Crippen LogP contribution < -0.4 is 5.32 Å². The van der Waals surface area contributed by atoms with Crippen molar-refractivity contribution in [2.75, 3.05) is 7.11 Å². The number of amides is 4. The molecule has 1 N–H and O–H groups in total. The van der Waals surface area contributed by atoms with Gasteiger partial charge >= 0.3 is 12.1 Å². The van der Waals surface area contributed by atoms with Gasteiger partial charge in [0.2, 0.25) is 11.8 Å². The van der Waals surface area contributed by atoms with Gasteiger partial charge in [0.15, 0.2) is 6.10 Å². The summed E-state index contributed by atoms with van der Waals surface area (Å²) in [5.41, 5.74) is 0. The Balaban J connectivity index is 1.99. The van der Waals surface area contributed by atoms with Crippen LogP contribution in [0.3, 0.4) is 0 Å². The van der Waals surface area contributed by atoms with E-state index in [0.29, 0.717) is 12.8 Å². The van der Waals surface area contributed by atoms with Crippen molar-refractivity contribution in [3.05, 3.63) is 0 Å². The maximum Gasteiger partial charge on any atom is 0.413 e. The van der Waals surface area contributed by atoms with Crippen molar-refractivity contribution in [2.24, 2.45) is 11.8 Å². The molecule has 1 saturated carbocycles. The molecule has 2 aliphatic rings. The molecule has 0 spiro atoms. The third-order valence-electron chi connectivity index (χ3n) is 4.68. The molecule has 4 amide bonds. The predicted molar refractivity (Wildman–Crippen MR) is 82.9 cm³/mol. The largest absolute Gasteiger partial charge is 0.453 e. The summed E-state index contributed by atoms with van der Waals surface area (Å²) in [5.74, 6) is -3.18. The van der Waals surface area contributed by atoms with E-state index in [1.165, 1.54) is 13.8 Å². The van der Waals surface area contributed by atoms with E-state index in [2.05, 4.69) is 4.74 Å². The lowest BCUT2D eigenvalue weighted by atomic mass is 9.81. The lowest BCUT2D eigenvalue weighted by molar-refractivity contribution is -0.163. The van der Waals surface area contributed by atoms with Gasteiger partial charge < -0.3 is 9.47 Å². The summed E-state index contributed by atoms with van der Waals surface area (Å²) in [5, 5.41) is 1.88. The first-order chi connectivity index (χ1) is 11.8. The molecular formula is C16H22N2O7. The Morgan fingerprint density at radius 2 is 1.60 bits per heavy atom. The SMILES string of the molecule is COC(=O)NC(=O)[C@H](C)OC(=O)[C@H](C)N1C(=O)[C@H]2CCCC[C@H]2C1=O. The number of nitrogens with zero attached hydrogens (tertiary/aromatic N) is 1. The molecule has 1 saturated heterocycles. The quantitative estimate of drug-likeness (QED) is 0.572. The van der Waals surface area contributed by atoms with Gasteiger partial charge in [0.1, 0.15) is 6.04 Å². The Kier molecular flexibility index (Phi) is 5.76. The summed E-state index contributed by atoms with van der Waals surface area (Å²) < 4.78 is 9.26. The van der Waals surface area contributed by atoms with Crippen molar-refractivity contribution in [3.8, 4) is 0 Å². The van der Waals surface area contributed by atoms with Crippen LogP contribution in [0.1, 0.15) is 39.5 Å². The number of alkyl carbamates (subject to hydrolysis) is 1. The van der Waals surface area contributed by atoms with Crippen molar-refractivity contribution in [2.45, 2.75) is 51.7 Å². The monoisotopic (exact) mass is 354 g/mol. The molecule has 1 aliphatic carbocycles. The van der Waals surface area contributed by atoms with Crippen molar-refractivity contribution in [1.82, 2.24) is 10.2 Å². The van der Waals surface area contributed by atoms with Gasteiger partial charge in [-0.2, -0.15) is 0 Å². The number of esters is 1. The normalized spacial score (nSPS) is 25.0. The average Bonchev–Trinajstić information content (AvgIpc) is 2.85. The maximum atomic E-state index is 12.5. The Morgan fingerprint density at radius 1 is 1.08 bits per heavy atom. The van der Waals surface area contributed by atoms with Gasteiger partial charge in [-0.3, -0.25) is 24.6 Å². The first kappa shape index (κ1) is 18.9. The van der Waals surface area contributed by atoms with Crippen molar-refractivity contribution in [1.29, 1.82) is 0 Å². The highest BCUT2D eigenvalue weighted by atomic mass is 16.6. The first-order valence-corrected chi connectivity index (χ1v) is 8.24. The van der Waals surface area contributed by atoms with Crippen LogP contribution in [-0.4, -0.2) is 53.9 Å². The Morgan fingerprint density at radius 3 is 2.08 bits per heavy atom. The summed E-state index contributed by atoms with van der Waals surface area (Å²) in [7, 11) is 1.09. The molecule has 2 fully saturated rings. The van der Waals surface area contributed by atoms with Crippen LogP contribution >= 0.6 is 0 Å². The fourth-order valence-corrected chi connectivity index (χ4v) is 3.25. The van der Waals surface area contributed by atoms with Crippen molar-refractivity contribution in [3.63, 3.8) is 0 Å². The molecule has 0 bridgehead atoms. The summed E-state index contributed by atoms with van der Waals surface area (Å²) in [6, 6.07) is -1.13. The van der Waals surface area contributed by atoms with Crippen LogP contribution in [0.2, 0.25) is 0 Å². The fourth-order valence-electron chi connectivity index (χ4n) is 3.25. The van der Waals surface area contributed by atoms with Gasteiger partial charge in [-0.25, -0.2) is 9.59 Å². The van der Waals surface area contributed by atoms with E-state index in [4.69, 9.17) is 4.74 Å². The molecule has 9 nitrogen and oxygen atoms in total. The molecule has 0 unspecified atom stereocenters. The van der Waals surface area contributed by atoms with Gasteiger partial charge in [0, 0.05) is 0 Å². The molecular weight excluding hydrogens is 332 g/mol. The summed E-state index contributed by atoms with van der Waals surface area (Å²) in [4.78, 5) is 60.8. The van der Waals surface area contributed by atoms with E-state index in [1.54, 1.807) is 0 Å². The molecule has 138 valence electrons. The topological polar surface area (TPSA) is 119 Å². The number of carbonyl (C=O) groups excluding carboxylic acids is 5. The van der Waals surface area contributed by atoms with E-state index in [9.17, 15) is 24.0 Å². The molecule has 0 aromatic carbocycles. The van der Waals surface area contributed by atoms with Gasteiger partial charge in [0.05, 0.1) is 18.9 Å². The minimum atomic E-state index is -1.27. The van der Waals surface area contributed by atoms with Crippen LogP contribution in [0.25, 0.3) is 0 Å². The number of likely N-dealkylation sites (tertiary alicyclic amines) is 1. The second kappa shape index (κ2) is 7.62. The molecule has 25 heavy (non-hydrogen) atoms. The first-order valence-electron chi connectivity index (χ1n) is 8.24. The van der Waals surface area contributed by atoms with Crippen LogP contribution in [0.4, 0.5) is 4.79 Å². The van der Waals surface area contributed by atoms with Gasteiger partial charge in [-0.15, -0.1) is 0 Å². The number of hydrogen-bond donors (Lipinski definition) is 1. The van der Waals surface area contributed by atoms with Crippen molar-refractivity contribution < 1.29 is 33.4 Å². The third kappa shape index (κ3) is 3.80. The third-order valence-corrected chi connectivity index (χ3v) is 4.68. The molecule has 2 rings (SSSR count). The van der Waals surface area contributed by atoms with E-state index in [0.717, 1.165) is 24.9 Å². The van der Waals surface area contributed by atoms with Crippen LogP contribution in [0.15, 0.2) is 0 Å². The summed E-state index contributed by atoms with van der Waals surface area (Å²) in [6.45, 7) is 2.66. The maximum absolute atomic E-state index is 12.5. The second-order valence-electron chi connectivity index (χ2n) is 6.28. The Hall–Kier alpha value is -2.45. The van der Waals surface area contributed by atoms with E-state index >= 15 is 0 Å². The zero-order valence-corrected chi connectivity index (χ0v) is 14.4. The van der Waals surface area contributed by atoms with E-state index < -0.39 is 30.1 Å². The van der Waals surface area contributed by atoms with E-state index in [1.807, 2.05) is 5.32 Å². The second-order valence-corrected chi connectivity index (χ2v) is 6.28. The number of fused-ring (bicyclic) bond motifs is 1. The number of hydrogen-bond acceptors (Lipinski definition) is 7. The highest BCUT2D eigenvalue weighted by Crippen LogP contribution is 2.38. The fraction of sp³-hybridized carbons (Fsp3) is 0.688. The van der Waals surface area contributed by atoms with Gasteiger partial charge in [-0.05, 0) is 26.7 Å². The highest BCUT2D eigenvalue weighted by Gasteiger charge is 2.51. The zero-order valence-electron chi connectivity index (χ0n) is 14.4. The molecule has 0 radical (unpaired) electrons. The Bertz CT molecular complexity index is 579. The number of rotatable bonds is 4. The average molecular weight is 354 g/mol. The van der Waals surface area contributed by atoms with E-state index in [-0.39, 0.29) is 23.7 Å². The Labute approximate surface area is 145 Å². The number of carbonyl (C=O) groups is 5. The molecule has 0 aromatic rings. The molecule has 9 heteroatoms. The molecule has 4 atom stereocenters. The molecule has 1 heterocycles. The number of imide groups is 2. The van der Waals surface area contributed by atoms with Gasteiger partial charge in [-0.1, -0.05) is 12.8 Å². The number of nitrogens with one attached hydrogen (secondary N) is 1. The lowest BCUT2D eigenvalue weighted by Gasteiger charge is -2.23. The smallest absolute Gasteiger partial charge is 0.413 e. The minimum Gasteiger partial charge on any atom is -0.453 e. The summed E-state index contributed by atoms with van der Waals surface area (Å²) >= 11 is 0. The molecule has 0 aromatic heterocycles. The summed E-state index contributed by atoms with van der Waals surface area (Å²) in [6.07, 6.45) is 0.811. The standard InChI is InChI=1S/C16H22N2O7/c1-8(15(22)25-9(2)12(19)17-16(23)24-3)18-13(20)10-6-4-5-7-11(10)14(18)21/h8-11H,4-7H2,1-3H3,(H,17,19,23)/t8-,9-,10-,11+/m0/s1. The van der Waals surface area contributed by atoms with Crippen LogP contribution in [0.5, 0.6) is 0 Å². The molecule has 1 aliphatic heterocycles. The predicted octanol–water partition coefficient (Wildman–Crippen LogP) is 0.364. The number of methoxy groups -OCH3 is 1. The number of ether oxygens (including phenoxy) is 2. The minimum absolute atomic E-state index is 0.356. The zero-order chi connectivity index (χ0) is 18.7. The lowest BCUT2D eigenvalue weighted by Crippen LogP contribution is -2.47. The van der Waals surface area contributed by atoms with Crippen molar-refractivity contribution >= 4 is 29.8 Å². The van der Waals surface area contributed by atoms with Crippen LogP contribution in [0, 0.1) is 11.8 Å². The van der Waals surface area contributed by atoms with Crippen LogP contribution in [-0.2, 0) is 28.7 Å².